The summed E-state index contributed by atoms with van der Waals surface area (Å²) < 4.78 is 5.04. The van der Waals surface area contributed by atoms with Crippen LogP contribution in [0.2, 0.25) is 0 Å². The van der Waals surface area contributed by atoms with Crippen molar-refractivity contribution in [2.45, 2.75) is 19.3 Å². The lowest BCUT2D eigenvalue weighted by atomic mass is 10.2. The number of methoxy groups -OCH3 is 1. The van der Waals surface area contributed by atoms with E-state index in [1.165, 1.54) is 0 Å². The van der Waals surface area contributed by atoms with Crippen molar-refractivity contribution in [1.82, 2.24) is 4.90 Å². The van der Waals surface area contributed by atoms with Crippen molar-refractivity contribution in [3.05, 3.63) is 29.8 Å². The Labute approximate surface area is 108 Å². The van der Waals surface area contributed by atoms with Crippen LogP contribution in [-0.2, 0) is 4.79 Å². The lowest BCUT2D eigenvalue weighted by Gasteiger charge is -2.17. The molecule has 0 saturated heterocycles. The minimum Gasteiger partial charge on any atom is -0.497 e. The second-order valence-electron chi connectivity index (χ2n) is 4.12. The minimum absolute atomic E-state index is 0.0104. The van der Waals surface area contributed by atoms with E-state index in [2.05, 4.69) is 0 Å². The standard InChI is InChI=1S/C14H19NO3/c1-15(10-4-3-5-11-16)14(17)12-6-8-13(18-2)9-7-12/h6-9,11H,3-5,10H2,1-2H3. The molecule has 0 N–H and O–H groups in total. The topological polar surface area (TPSA) is 46.6 Å². The van der Waals surface area contributed by atoms with Crippen molar-refractivity contribution in [1.29, 1.82) is 0 Å². The van der Waals surface area contributed by atoms with Crippen LogP contribution in [0.25, 0.3) is 0 Å². The van der Waals surface area contributed by atoms with Gasteiger partial charge < -0.3 is 14.4 Å². The number of aldehydes is 1. The van der Waals surface area contributed by atoms with Gasteiger partial charge in [0.2, 0.25) is 0 Å². The van der Waals surface area contributed by atoms with Crippen molar-refractivity contribution >= 4 is 12.2 Å². The van der Waals surface area contributed by atoms with Crippen LogP contribution in [0.3, 0.4) is 0 Å². The molecule has 18 heavy (non-hydrogen) atoms. The second-order valence-corrected chi connectivity index (χ2v) is 4.12. The first-order chi connectivity index (χ1) is 8.69. The summed E-state index contributed by atoms with van der Waals surface area (Å²) in [5, 5.41) is 0. The predicted molar refractivity (Wildman–Crippen MR) is 69.9 cm³/mol. The van der Waals surface area contributed by atoms with Crippen LogP contribution in [0.5, 0.6) is 5.75 Å². The van der Waals surface area contributed by atoms with Gasteiger partial charge in [-0.25, -0.2) is 0 Å². The number of amides is 1. The maximum absolute atomic E-state index is 12.0. The van der Waals surface area contributed by atoms with E-state index in [1.54, 1.807) is 43.3 Å². The quantitative estimate of drug-likeness (QED) is 0.549. The van der Waals surface area contributed by atoms with Gasteiger partial charge in [0.25, 0.3) is 5.91 Å². The van der Waals surface area contributed by atoms with Gasteiger partial charge in [-0.1, -0.05) is 0 Å². The summed E-state index contributed by atoms with van der Waals surface area (Å²) in [6.45, 7) is 0.665. The van der Waals surface area contributed by atoms with E-state index in [0.717, 1.165) is 24.9 Å². The van der Waals surface area contributed by atoms with E-state index >= 15 is 0 Å². The molecule has 0 radical (unpaired) electrons. The highest BCUT2D eigenvalue weighted by molar-refractivity contribution is 5.94. The number of unbranched alkanes of at least 4 members (excludes halogenated alkanes) is 2. The van der Waals surface area contributed by atoms with Gasteiger partial charge in [0.05, 0.1) is 7.11 Å². The van der Waals surface area contributed by atoms with Gasteiger partial charge in [0.1, 0.15) is 12.0 Å². The SMILES string of the molecule is COc1ccc(C(=O)N(C)CCCCC=O)cc1. The third-order valence-corrected chi connectivity index (χ3v) is 2.75. The van der Waals surface area contributed by atoms with E-state index in [-0.39, 0.29) is 5.91 Å². The molecule has 0 saturated carbocycles. The molecule has 0 heterocycles. The van der Waals surface area contributed by atoms with Crippen LogP contribution < -0.4 is 4.74 Å². The molecular formula is C14H19NO3. The van der Waals surface area contributed by atoms with E-state index in [4.69, 9.17) is 4.74 Å². The molecule has 0 aliphatic heterocycles. The zero-order valence-corrected chi connectivity index (χ0v) is 10.9. The van der Waals surface area contributed by atoms with Crippen LogP contribution in [0.4, 0.5) is 0 Å². The molecule has 0 atom stereocenters. The minimum atomic E-state index is -0.0104. The molecule has 1 aromatic carbocycles. The molecule has 0 aliphatic carbocycles. The zero-order valence-electron chi connectivity index (χ0n) is 10.9. The predicted octanol–water partition coefficient (Wildman–Crippen LogP) is 2.14. The number of nitrogens with zero attached hydrogens (tertiary/aromatic N) is 1. The number of hydrogen-bond acceptors (Lipinski definition) is 3. The van der Waals surface area contributed by atoms with Gasteiger partial charge in [-0.05, 0) is 37.1 Å². The number of benzene rings is 1. The van der Waals surface area contributed by atoms with Crippen molar-refractivity contribution < 1.29 is 14.3 Å². The molecule has 0 bridgehead atoms. The van der Waals surface area contributed by atoms with Gasteiger partial charge >= 0.3 is 0 Å². The van der Waals surface area contributed by atoms with Crippen LogP contribution in [0, 0.1) is 0 Å². The average Bonchev–Trinajstić information content (AvgIpc) is 2.42. The Hall–Kier alpha value is -1.84. The van der Waals surface area contributed by atoms with Crippen LogP contribution in [-0.4, -0.2) is 37.8 Å². The molecule has 0 fully saturated rings. The Morgan fingerprint density at radius 1 is 1.28 bits per heavy atom. The highest BCUT2D eigenvalue weighted by atomic mass is 16.5. The smallest absolute Gasteiger partial charge is 0.253 e. The van der Waals surface area contributed by atoms with Crippen LogP contribution in [0.1, 0.15) is 29.6 Å². The highest BCUT2D eigenvalue weighted by Gasteiger charge is 2.10. The normalized spacial score (nSPS) is 9.89. The Morgan fingerprint density at radius 3 is 2.50 bits per heavy atom. The molecule has 1 amide bonds. The van der Waals surface area contributed by atoms with E-state index in [9.17, 15) is 9.59 Å². The van der Waals surface area contributed by atoms with Gasteiger partial charge in [0, 0.05) is 25.6 Å². The van der Waals surface area contributed by atoms with Crippen LogP contribution in [0.15, 0.2) is 24.3 Å². The molecule has 4 heteroatoms. The maximum atomic E-state index is 12.0. The molecule has 98 valence electrons. The maximum Gasteiger partial charge on any atom is 0.253 e. The Balaban J connectivity index is 2.48. The number of ether oxygens (including phenoxy) is 1. The molecular weight excluding hydrogens is 230 g/mol. The van der Waals surface area contributed by atoms with Crippen molar-refractivity contribution in [2.75, 3.05) is 20.7 Å². The monoisotopic (exact) mass is 249 g/mol. The molecule has 0 aromatic heterocycles. The van der Waals surface area contributed by atoms with Crippen molar-refractivity contribution in [3.8, 4) is 5.75 Å². The molecule has 1 aromatic rings. The Morgan fingerprint density at radius 2 is 1.94 bits per heavy atom. The molecule has 1 rings (SSSR count). The second kappa shape index (κ2) is 7.48. The molecule has 0 spiro atoms. The van der Waals surface area contributed by atoms with E-state index in [0.29, 0.717) is 18.5 Å². The van der Waals surface area contributed by atoms with Crippen LogP contribution >= 0.6 is 0 Å². The summed E-state index contributed by atoms with van der Waals surface area (Å²) in [6.07, 6.45) is 3.14. The molecule has 4 nitrogen and oxygen atoms in total. The summed E-state index contributed by atoms with van der Waals surface area (Å²) in [6, 6.07) is 7.05. The summed E-state index contributed by atoms with van der Waals surface area (Å²) in [4.78, 5) is 23.9. The van der Waals surface area contributed by atoms with E-state index in [1.807, 2.05) is 0 Å². The summed E-state index contributed by atoms with van der Waals surface area (Å²) in [7, 11) is 3.36. The Kier molecular flexibility index (Phi) is 5.91. The fourth-order valence-corrected chi connectivity index (χ4v) is 1.63. The molecule has 0 unspecified atom stereocenters. The van der Waals surface area contributed by atoms with E-state index < -0.39 is 0 Å². The number of carbonyl (C=O) groups excluding carboxylic acids is 2. The Bertz CT molecular complexity index is 387. The number of carbonyl (C=O) groups is 2. The average molecular weight is 249 g/mol. The number of rotatable bonds is 7. The third kappa shape index (κ3) is 4.20. The summed E-state index contributed by atoms with van der Waals surface area (Å²) >= 11 is 0. The van der Waals surface area contributed by atoms with Crippen molar-refractivity contribution in [2.24, 2.45) is 0 Å². The fourth-order valence-electron chi connectivity index (χ4n) is 1.63. The number of hydrogen-bond donors (Lipinski definition) is 0. The third-order valence-electron chi connectivity index (χ3n) is 2.75. The van der Waals surface area contributed by atoms with Crippen molar-refractivity contribution in [3.63, 3.8) is 0 Å². The van der Waals surface area contributed by atoms with Gasteiger partial charge in [-0.3, -0.25) is 4.79 Å². The first kappa shape index (κ1) is 14.2. The lowest BCUT2D eigenvalue weighted by molar-refractivity contribution is -0.107. The lowest BCUT2D eigenvalue weighted by Crippen LogP contribution is -2.27. The first-order valence-electron chi connectivity index (χ1n) is 6.02. The van der Waals surface area contributed by atoms with Gasteiger partial charge in [-0.15, -0.1) is 0 Å². The first-order valence-corrected chi connectivity index (χ1v) is 6.02. The van der Waals surface area contributed by atoms with Gasteiger partial charge in [0.15, 0.2) is 0 Å². The van der Waals surface area contributed by atoms with Gasteiger partial charge in [-0.2, -0.15) is 0 Å². The summed E-state index contributed by atoms with van der Waals surface area (Å²) in [5.74, 6) is 0.726. The zero-order chi connectivity index (χ0) is 13.4. The fraction of sp³-hybridized carbons (Fsp3) is 0.429. The highest BCUT2D eigenvalue weighted by Crippen LogP contribution is 2.12. The molecule has 0 aliphatic rings. The summed E-state index contributed by atoms with van der Waals surface area (Å²) in [5.41, 5.74) is 0.647. The largest absolute Gasteiger partial charge is 0.497 e.